The fourth-order valence-corrected chi connectivity index (χ4v) is 1.99. The van der Waals surface area contributed by atoms with Crippen LogP contribution in [-0.4, -0.2) is 19.8 Å². The maximum atomic E-state index is 11.0. The molecule has 0 spiro atoms. The van der Waals surface area contributed by atoms with E-state index in [9.17, 15) is 4.79 Å². The van der Waals surface area contributed by atoms with Crippen LogP contribution in [0.4, 0.5) is 10.5 Å². The summed E-state index contributed by atoms with van der Waals surface area (Å²) in [5, 5.41) is 0.723. The van der Waals surface area contributed by atoms with Gasteiger partial charge in [-0.2, -0.15) is 0 Å². The van der Waals surface area contributed by atoms with E-state index in [1.54, 1.807) is 0 Å². The Hall–Kier alpha value is -1.62. The molecule has 17 heavy (non-hydrogen) atoms. The molecule has 1 aliphatic rings. The number of fused-ring (bicyclic) bond motifs is 1. The average molecular weight is 257 g/mol. The third-order valence-corrected chi connectivity index (χ3v) is 3.10. The predicted octanol–water partition coefficient (Wildman–Crippen LogP) is 2.27. The second kappa shape index (κ2) is 4.71. The van der Waals surface area contributed by atoms with E-state index in [-0.39, 0.29) is 0 Å². The van der Waals surface area contributed by atoms with Crippen molar-refractivity contribution in [3.05, 3.63) is 22.2 Å². The first-order valence-electron chi connectivity index (χ1n) is 5.18. The number of methoxy groups -OCH3 is 1. The van der Waals surface area contributed by atoms with Crippen molar-refractivity contribution in [2.24, 2.45) is 0 Å². The van der Waals surface area contributed by atoms with Gasteiger partial charge in [-0.15, -0.1) is 0 Å². The van der Waals surface area contributed by atoms with E-state index in [0.29, 0.717) is 18.0 Å². The van der Waals surface area contributed by atoms with Gasteiger partial charge in [-0.05, 0) is 18.6 Å². The molecule has 1 aromatic carbocycles. The summed E-state index contributed by atoms with van der Waals surface area (Å²) in [6.07, 6.45) is 0.215. The Bertz CT molecular complexity index is 463. The molecule has 92 valence electrons. The van der Waals surface area contributed by atoms with Crippen molar-refractivity contribution in [3.63, 3.8) is 0 Å². The average Bonchev–Trinajstić information content (AvgIpc) is 2.81. The fourth-order valence-electron chi connectivity index (χ4n) is 1.75. The molecule has 5 nitrogen and oxygen atoms in total. The third kappa shape index (κ3) is 2.24. The molecule has 0 unspecified atom stereocenters. The summed E-state index contributed by atoms with van der Waals surface area (Å²) in [5.74, 6) is 0.692. The minimum Gasteiger partial charge on any atom is -0.491 e. The van der Waals surface area contributed by atoms with E-state index in [0.717, 1.165) is 22.6 Å². The van der Waals surface area contributed by atoms with Crippen molar-refractivity contribution in [1.82, 2.24) is 5.43 Å². The Morgan fingerprint density at radius 2 is 2.35 bits per heavy atom. The number of carbonyl (C=O) groups is 1. The molecular formula is C11H13ClN2O3. The van der Waals surface area contributed by atoms with Crippen LogP contribution in [0, 0.1) is 6.92 Å². The van der Waals surface area contributed by atoms with E-state index >= 15 is 0 Å². The summed E-state index contributed by atoms with van der Waals surface area (Å²) in [7, 11) is 1.30. The molecule has 0 saturated carbocycles. The van der Waals surface area contributed by atoms with Crippen molar-refractivity contribution >= 4 is 23.4 Å². The molecule has 0 fully saturated rings. The summed E-state index contributed by atoms with van der Waals surface area (Å²) in [6, 6.07) is 1.82. The lowest BCUT2D eigenvalue weighted by molar-refractivity contribution is 0.173. The first-order valence-corrected chi connectivity index (χ1v) is 5.56. The largest absolute Gasteiger partial charge is 0.491 e. The molecule has 0 aliphatic carbocycles. The van der Waals surface area contributed by atoms with Crippen LogP contribution in [0.2, 0.25) is 5.02 Å². The summed E-state index contributed by atoms with van der Waals surface area (Å²) in [4.78, 5) is 11.0. The Kier molecular flexibility index (Phi) is 3.28. The molecule has 1 heterocycles. The summed E-state index contributed by atoms with van der Waals surface area (Å²) in [5.41, 5.74) is 7.74. The van der Waals surface area contributed by atoms with Gasteiger partial charge in [0, 0.05) is 12.0 Å². The lowest BCUT2D eigenvalue weighted by atomic mass is 10.1. The number of carbonyl (C=O) groups excluding carboxylic acids is 1. The van der Waals surface area contributed by atoms with Gasteiger partial charge in [0.15, 0.2) is 0 Å². The number of hydrogen-bond donors (Lipinski definition) is 2. The Labute approximate surface area is 104 Å². The van der Waals surface area contributed by atoms with E-state index in [1.807, 2.05) is 13.0 Å². The topological polar surface area (TPSA) is 59.6 Å². The number of hydrogen-bond acceptors (Lipinski definition) is 4. The Morgan fingerprint density at radius 1 is 1.59 bits per heavy atom. The van der Waals surface area contributed by atoms with Crippen molar-refractivity contribution in [3.8, 4) is 5.75 Å². The Balaban J connectivity index is 2.26. The molecule has 2 N–H and O–H groups in total. The smallest absolute Gasteiger partial charge is 0.425 e. The van der Waals surface area contributed by atoms with E-state index < -0.39 is 6.09 Å². The number of anilines is 1. The van der Waals surface area contributed by atoms with Crippen molar-refractivity contribution < 1.29 is 14.3 Å². The van der Waals surface area contributed by atoms with E-state index in [2.05, 4.69) is 15.6 Å². The van der Waals surface area contributed by atoms with E-state index in [1.165, 1.54) is 7.11 Å². The molecule has 0 aromatic heterocycles. The van der Waals surface area contributed by atoms with Crippen LogP contribution >= 0.6 is 11.6 Å². The first-order chi connectivity index (χ1) is 8.13. The molecule has 0 saturated heterocycles. The van der Waals surface area contributed by atoms with Gasteiger partial charge in [0.25, 0.3) is 0 Å². The van der Waals surface area contributed by atoms with Gasteiger partial charge in [0.05, 0.1) is 24.4 Å². The molecule has 0 atom stereocenters. The third-order valence-electron chi connectivity index (χ3n) is 2.57. The summed E-state index contributed by atoms with van der Waals surface area (Å²) >= 11 is 6.18. The number of halogens is 1. The summed E-state index contributed by atoms with van der Waals surface area (Å²) < 4.78 is 9.96. The number of rotatable bonds is 2. The van der Waals surface area contributed by atoms with Gasteiger partial charge in [0.1, 0.15) is 5.75 Å². The molecule has 6 heteroatoms. The number of aryl methyl sites for hydroxylation is 1. The van der Waals surface area contributed by atoms with Gasteiger partial charge in [0.2, 0.25) is 0 Å². The standard InChI is InChI=1S/C11H13ClN2O3/c1-6-5-8(13-14-11(15)16-2)10-7(9(6)12)3-4-17-10/h5,13H,3-4H2,1-2H3,(H,14,15). The van der Waals surface area contributed by atoms with Gasteiger partial charge < -0.3 is 9.47 Å². The zero-order chi connectivity index (χ0) is 12.4. The van der Waals surface area contributed by atoms with Gasteiger partial charge in [-0.1, -0.05) is 11.6 Å². The van der Waals surface area contributed by atoms with Gasteiger partial charge in [-0.3, -0.25) is 5.43 Å². The second-order valence-electron chi connectivity index (χ2n) is 3.70. The molecule has 1 aliphatic heterocycles. The fraction of sp³-hybridized carbons (Fsp3) is 0.364. The maximum Gasteiger partial charge on any atom is 0.425 e. The van der Waals surface area contributed by atoms with Crippen LogP contribution in [-0.2, 0) is 11.2 Å². The van der Waals surface area contributed by atoms with Crippen LogP contribution in [0.15, 0.2) is 6.07 Å². The summed E-state index contributed by atoms with van der Waals surface area (Å²) in [6.45, 7) is 2.51. The highest BCUT2D eigenvalue weighted by molar-refractivity contribution is 6.32. The molecular weight excluding hydrogens is 244 g/mol. The highest BCUT2D eigenvalue weighted by atomic mass is 35.5. The second-order valence-corrected chi connectivity index (χ2v) is 4.08. The van der Waals surface area contributed by atoms with Crippen LogP contribution in [0.1, 0.15) is 11.1 Å². The predicted molar refractivity (Wildman–Crippen MR) is 64.6 cm³/mol. The van der Waals surface area contributed by atoms with Crippen LogP contribution in [0.5, 0.6) is 5.75 Å². The number of nitrogens with one attached hydrogen (secondary N) is 2. The molecule has 0 radical (unpaired) electrons. The van der Waals surface area contributed by atoms with Crippen molar-refractivity contribution in [2.45, 2.75) is 13.3 Å². The zero-order valence-corrected chi connectivity index (χ0v) is 10.4. The first kappa shape index (κ1) is 11.9. The molecule has 0 bridgehead atoms. The van der Waals surface area contributed by atoms with Crippen LogP contribution < -0.4 is 15.6 Å². The molecule has 1 aromatic rings. The van der Waals surface area contributed by atoms with Gasteiger partial charge in [-0.25, -0.2) is 10.2 Å². The molecule has 2 rings (SSSR count). The Morgan fingerprint density at radius 3 is 3.06 bits per heavy atom. The zero-order valence-electron chi connectivity index (χ0n) is 9.59. The highest BCUT2D eigenvalue weighted by Crippen LogP contribution is 2.40. The van der Waals surface area contributed by atoms with E-state index in [4.69, 9.17) is 16.3 Å². The monoisotopic (exact) mass is 256 g/mol. The van der Waals surface area contributed by atoms with Gasteiger partial charge >= 0.3 is 6.09 Å². The van der Waals surface area contributed by atoms with Crippen LogP contribution in [0.3, 0.4) is 0 Å². The normalized spacial score (nSPS) is 12.6. The number of hydrazine groups is 1. The SMILES string of the molecule is COC(=O)NNc1cc(C)c(Cl)c2c1OCC2. The molecule has 1 amide bonds. The maximum absolute atomic E-state index is 11.0. The van der Waals surface area contributed by atoms with Crippen molar-refractivity contribution in [1.29, 1.82) is 0 Å². The minimum absolute atomic E-state index is 0.565. The van der Waals surface area contributed by atoms with Crippen LogP contribution in [0.25, 0.3) is 0 Å². The van der Waals surface area contributed by atoms with Crippen molar-refractivity contribution in [2.75, 3.05) is 19.1 Å². The number of ether oxygens (including phenoxy) is 2. The minimum atomic E-state index is -0.565. The highest BCUT2D eigenvalue weighted by Gasteiger charge is 2.21. The quantitative estimate of drug-likeness (QED) is 0.797. The lowest BCUT2D eigenvalue weighted by Gasteiger charge is -2.13. The lowest BCUT2D eigenvalue weighted by Crippen LogP contribution is -2.29. The number of amides is 1. The number of benzene rings is 1.